The average molecular weight is 356 g/mol. The topological polar surface area (TPSA) is 34.1 Å². The van der Waals surface area contributed by atoms with Crippen molar-refractivity contribution in [3.63, 3.8) is 0 Å². The van der Waals surface area contributed by atoms with Gasteiger partial charge in [-0.1, -0.05) is 54.6 Å². The van der Waals surface area contributed by atoms with Crippen LogP contribution in [0, 0.1) is 0 Å². The van der Waals surface area contributed by atoms with Gasteiger partial charge in [0.05, 0.1) is 12.8 Å². The Bertz CT molecular complexity index is 934. The van der Waals surface area contributed by atoms with E-state index in [1.165, 1.54) is 11.1 Å². The second kappa shape index (κ2) is 8.19. The van der Waals surface area contributed by atoms with Crippen LogP contribution in [-0.4, -0.2) is 24.7 Å². The molecule has 2 heterocycles. The standard InChI is InChI=1S/C24H24N2O/c1-27-23-11-5-9-20(16-23)24-12-6-10-21(26-24)17-22-15-19(13-14-25-22)18-7-3-2-4-8-18/h2-13,16,22,25H,14-15,17H2,1H3. The number of hydrogen-bond acceptors (Lipinski definition) is 3. The van der Waals surface area contributed by atoms with Crippen LogP contribution in [0.1, 0.15) is 17.7 Å². The van der Waals surface area contributed by atoms with Gasteiger partial charge in [-0.3, -0.25) is 4.98 Å². The van der Waals surface area contributed by atoms with Crippen LogP contribution in [0.15, 0.2) is 78.9 Å². The second-order valence-corrected chi connectivity index (χ2v) is 6.85. The van der Waals surface area contributed by atoms with Crippen LogP contribution in [0.3, 0.4) is 0 Å². The van der Waals surface area contributed by atoms with E-state index in [1.54, 1.807) is 7.11 Å². The van der Waals surface area contributed by atoms with Gasteiger partial charge in [0.25, 0.3) is 0 Å². The highest BCUT2D eigenvalue weighted by atomic mass is 16.5. The molecule has 4 rings (SSSR count). The number of pyridine rings is 1. The molecular formula is C24H24N2O. The van der Waals surface area contributed by atoms with E-state index >= 15 is 0 Å². The summed E-state index contributed by atoms with van der Waals surface area (Å²) in [6, 6.07) is 25.4. The Morgan fingerprint density at radius 2 is 1.78 bits per heavy atom. The lowest BCUT2D eigenvalue weighted by Gasteiger charge is -2.24. The fourth-order valence-corrected chi connectivity index (χ4v) is 3.59. The molecule has 0 spiro atoms. The summed E-state index contributed by atoms with van der Waals surface area (Å²) in [5.41, 5.74) is 5.92. The third-order valence-corrected chi connectivity index (χ3v) is 4.99. The number of nitrogens with one attached hydrogen (secondary N) is 1. The number of methoxy groups -OCH3 is 1. The van der Waals surface area contributed by atoms with Crippen molar-refractivity contribution in [3.05, 3.63) is 90.1 Å². The molecule has 27 heavy (non-hydrogen) atoms. The van der Waals surface area contributed by atoms with Crippen molar-refractivity contribution < 1.29 is 4.74 Å². The molecule has 1 N–H and O–H groups in total. The lowest BCUT2D eigenvalue weighted by molar-refractivity contribution is 0.415. The quantitative estimate of drug-likeness (QED) is 0.717. The van der Waals surface area contributed by atoms with Gasteiger partial charge in [0.15, 0.2) is 0 Å². The van der Waals surface area contributed by atoms with Gasteiger partial charge >= 0.3 is 0 Å². The summed E-state index contributed by atoms with van der Waals surface area (Å²) >= 11 is 0. The minimum Gasteiger partial charge on any atom is -0.497 e. The van der Waals surface area contributed by atoms with E-state index < -0.39 is 0 Å². The highest BCUT2D eigenvalue weighted by molar-refractivity contribution is 5.67. The predicted octanol–water partition coefficient (Wildman–Crippen LogP) is 4.75. The highest BCUT2D eigenvalue weighted by Crippen LogP contribution is 2.25. The third kappa shape index (κ3) is 4.26. The molecule has 1 aliphatic rings. The third-order valence-electron chi connectivity index (χ3n) is 4.99. The van der Waals surface area contributed by atoms with Crippen molar-refractivity contribution in [1.29, 1.82) is 0 Å². The number of aromatic nitrogens is 1. The Labute approximate surface area is 160 Å². The molecule has 3 heteroatoms. The molecule has 1 atom stereocenters. The molecule has 3 aromatic rings. The summed E-state index contributed by atoms with van der Waals surface area (Å²) in [5.74, 6) is 0.853. The Morgan fingerprint density at radius 3 is 2.63 bits per heavy atom. The number of rotatable bonds is 5. The highest BCUT2D eigenvalue weighted by Gasteiger charge is 2.17. The first-order valence-corrected chi connectivity index (χ1v) is 9.40. The van der Waals surface area contributed by atoms with E-state index in [0.29, 0.717) is 6.04 Å². The maximum absolute atomic E-state index is 5.34. The molecule has 0 saturated carbocycles. The zero-order valence-electron chi connectivity index (χ0n) is 15.6. The first-order chi connectivity index (χ1) is 13.3. The van der Waals surface area contributed by atoms with E-state index in [4.69, 9.17) is 9.72 Å². The summed E-state index contributed by atoms with van der Waals surface area (Å²) < 4.78 is 5.34. The van der Waals surface area contributed by atoms with Gasteiger partial charge in [0, 0.05) is 30.3 Å². The zero-order valence-corrected chi connectivity index (χ0v) is 15.6. The second-order valence-electron chi connectivity index (χ2n) is 6.85. The minimum absolute atomic E-state index is 0.401. The van der Waals surface area contributed by atoms with Crippen molar-refractivity contribution in [1.82, 2.24) is 10.3 Å². The van der Waals surface area contributed by atoms with Gasteiger partial charge in [-0.15, -0.1) is 0 Å². The van der Waals surface area contributed by atoms with E-state index in [9.17, 15) is 0 Å². The van der Waals surface area contributed by atoms with Gasteiger partial charge in [-0.05, 0) is 41.8 Å². The fourth-order valence-electron chi connectivity index (χ4n) is 3.59. The lowest BCUT2D eigenvalue weighted by Crippen LogP contribution is -2.34. The molecule has 136 valence electrons. The van der Waals surface area contributed by atoms with Crippen LogP contribution >= 0.6 is 0 Å². The molecule has 1 aliphatic heterocycles. The summed E-state index contributed by atoms with van der Waals surface area (Å²) in [6.45, 7) is 0.907. The molecule has 0 amide bonds. The summed E-state index contributed by atoms with van der Waals surface area (Å²) in [4.78, 5) is 4.90. The van der Waals surface area contributed by atoms with E-state index in [1.807, 2.05) is 18.2 Å². The van der Waals surface area contributed by atoms with Crippen LogP contribution < -0.4 is 10.1 Å². The average Bonchev–Trinajstić information content (AvgIpc) is 2.75. The Hall–Kier alpha value is -2.91. The maximum Gasteiger partial charge on any atom is 0.119 e. The number of benzene rings is 2. The van der Waals surface area contributed by atoms with Crippen LogP contribution in [0.25, 0.3) is 16.8 Å². The molecule has 0 aliphatic carbocycles. The maximum atomic E-state index is 5.34. The summed E-state index contributed by atoms with van der Waals surface area (Å²) in [6.07, 6.45) is 4.24. The Morgan fingerprint density at radius 1 is 0.963 bits per heavy atom. The summed E-state index contributed by atoms with van der Waals surface area (Å²) in [7, 11) is 1.69. The molecule has 2 aromatic carbocycles. The Balaban J connectivity index is 1.49. The molecular weight excluding hydrogens is 332 g/mol. The lowest BCUT2D eigenvalue weighted by atomic mass is 9.93. The normalized spacial score (nSPS) is 16.6. The zero-order chi connectivity index (χ0) is 18.5. The molecule has 1 unspecified atom stereocenters. The van der Waals surface area contributed by atoms with Crippen LogP contribution in [0.4, 0.5) is 0 Å². The van der Waals surface area contributed by atoms with Crippen molar-refractivity contribution in [2.75, 3.05) is 13.7 Å². The van der Waals surface area contributed by atoms with E-state index in [0.717, 1.165) is 42.1 Å². The van der Waals surface area contributed by atoms with Crippen molar-refractivity contribution >= 4 is 5.57 Å². The molecule has 0 saturated heterocycles. The number of ether oxygens (including phenoxy) is 1. The van der Waals surface area contributed by atoms with E-state index in [2.05, 4.69) is 66.0 Å². The SMILES string of the molecule is COc1cccc(-c2cccc(CC3CC(c4ccccc4)=CCN3)n2)c1. The van der Waals surface area contributed by atoms with Crippen LogP contribution in [-0.2, 0) is 6.42 Å². The summed E-state index contributed by atoms with van der Waals surface area (Å²) in [5, 5.41) is 3.61. The van der Waals surface area contributed by atoms with Crippen molar-refractivity contribution in [2.24, 2.45) is 0 Å². The number of hydrogen-bond donors (Lipinski definition) is 1. The minimum atomic E-state index is 0.401. The Kier molecular flexibility index (Phi) is 5.31. The van der Waals surface area contributed by atoms with E-state index in [-0.39, 0.29) is 0 Å². The first-order valence-electron chi connectivity index (χ1n) is 9.40. The molecule has 0 fully saturated rings. The van der Waals surface area contributed by atoms with Crippen LogP contribution in [0.5, 0.6) is 5.75 Å². The first kappa shape index (κ1) is 17.5. The van der Waals surface area contributed by atoms with Crippen molar-refractivity contribution in [3.8, 4) is 17.0 Å². The molecule has 0 radical (unpaired) electrons. The van der Waals surface area contributed by atoms with Gasteiger partial charge in [-0.25, -0.2) is 0 Å². The number of nitrogens with zero attached hydrogens (tertiary/aromatic N) is 1. The predicted molar refractivity (Wildman–Crippen MR) is 111 cm³/mol. The van der Waals surface area contributed by atoms with Gasteiger partial charge < -0.3 is 10.1 Å². The molecule has 1 aromatic heterocycles. The fraction of sp³-hybridized carbons (Fsp3) is 0.208. The van der Waals surface area contributed by atoms with Gasteiger partial charge in [0.1, 0.15) is 5.75 Å². The van der Waals surface area contributed by atoms with Gasteiger partial charge in [-0.2, -0.15) is 0 Å². The molecule has 3 nitrogen and oxygen atoms in total. The largest absolute Gasteiger partial charge is 0.497 e. The molecule has 0 bridgehead atoms. The van der Waals surface area contributed by atoms with Crippen molar-refractivity contribution in [2.45, 2.75) is 18.9 Å². The monoisotopic (exact) mass is 356 g/mol. The van der Waals surface area contributed by atoms with Crippen LogP contribution in [0.2, 0.25) is 0 Å². The smallest absolute Gasteiger partial charge is 0.119 e. The van der Waals surface area contributed by atoms with Gasteiger partial charge in [0.2, 0.25) is 0 Å².